The van der Waals surface area contributed by atoms with Gasteiger partial charge in [0.15, 0.2) is 0 Å². The van der Waals surface area contributed by atoms with Crippen LogP contribution in [0.15, 0.2) is 0 Å². The predicted molar refractivity (Wildman–Crippen MR) is 87.3 cm³/mol. The highest BCUT2D eigenvalue weighted by atomic mass is 32.1. The van der Waals surface area contributed by atoms with Crippen molar-refractivity contribution in [2.45, 2.75) is 45.1 Å². The highest BCUT2D eigenvalue weighted by Crippen LogP contribution is 2.22. The summed E-state index contributed by atoms with van der Waals surface area (Å²) >= 11 is 1.37. The molecule has 1 unspecified atom stereocenters. The van der Waals surface area contributed by atoms with E-state index < -0.39 is 6.10 Å². The molecule has 1 aromatic heterocycles. The highest BCUT2D eigenvalue weighted by Gasteiger charge is 2.16. The fourth-order valence-corrected chi connectivity index (χ4v) is 3.12. The first-order valence-corrected chi connectivity index (χ1v) is 8.65. The molecular formula is C14H25N5O2S. The third-order valence-corrected chi connectivity index (χ3v) is 4.71. The molecule has 0 aromatic carbocycles. The van der Waals surface area contributed by atoms with Gasteiger partial charge in [-0.25, -0.2) is 4.79 Å². The molecule has 0 saturated carbocycles. The summed E-state index contributed by atoms with van der Waals surface area (Å²) in [5, 5.41) is 24.6. The Balaban J connectivity index is 1.67. The Morgan fingerprint density at radius 1 is 1.32 bits per heavy atom. The second kappa shape index (κ2) is 8.40. The van der Waals surface area contributed by atoms with Crippen molar-refractivity contribution in [2.24, 2.45) is 0 Å². The minimum Gasteiger partial charge on any atom is -0.390 e. The minimum atomic E-state index is -0.551. The predicted octanol–water partition coefficient (Wildman–Crippen LogP) is 1.63. The summed E-state index contributed by atoms with van der Waals surface area (Å²) in [6, 6.07) is -0.357. The van der Waals surface area contributed by atoms with Crippen LogP contribution in [0.5, 0.6) is 0 Å². The first-order valence-electron chi connectivity index (χ1n) is 7.83. The number of carbonyl (C=O) groups excluding carboxylic acids is 1. The fourth-order valence-electron chi connectivity index (χ4n) is 2.37. The number of nitrogens with one attached hydrogen (secondary N) is 2. The van der Waals surface area contributed by atoms with Gasteiger partial charge in [-0.15, -0.1) is 10.2 Å². The highest BCUT2D eigenvalue weighted by molar-refractivity contribution is 7.15. The maximum atomic E-state index is 11.8. The zero-order valence-corrected chi connectivity index (χ0v) is 14.0. The molecule has 22 heavy (non-hydrogen) atoms. The van der Waals surface area contributed by atoms with Crippen LogP contribution in [-0.2, 0) is 0 Å². The third-order valence-electron chi connectivity index (χ3n) is 3.57. The van der Waals surface area contributed by atoms with E-state index in [1.807, 2.05) is 13.8 Å². The van der Waals surface area contributed by atoms with Crippen LogP contribution in [0.3, 0.4) is 0 Å². The molecule has 1 saturated heterocycles. The number of β-amino-alcohol motifs (C(OH)–C–C–N with tert-alkyl or cyclic N) is 1. The van der Waals surface area contributed by atoms with E-state index in [2.05, 4.69) is 25.7 Å². The molecule has 2 heterocycles. The molecule has 1 aliphatic heterocycles. The molecule has 1 fully saturated rings. The molecule has 2 rings (SSSR count). The van der Waals surface area contributed by atoms with Gasteiger partial charge in [0.1, 0.15) is 5.01 Å². The molecule has 7 nitrogen and oxygen atoms in total. The number of nitrogens with zero attached hydrogens (tertiary/aromatic N) is 3. The number of amides is 2. The van der Waals surface area contributed by atoms with Crippen LogP contribution in [0, 0.1) is 0 Å². The topological polar surface area (TPSA) is 90.4 Å². The van der Waals surface area contributed by atoms with Crippen molar-refractivity contribution in [3.05, 3.63) is 5.01 Å². The van der Waals surface area contributed by atoms with Crippen molar-refractivity contribution < 1.29 is 9.90 Å². The molecule has 0 radical (unpaired) electrons. The van der Waals surface area contributed by atoms with E-state index in [1.165, 1.54) is 30.6 Å². The van der Waals surface area contributed by atoms with Crippen molar-refractivity contribution in [3.63, 3.8) is 0 Å². The zero-order valence-electron chi connectivity index (χ0n) is 13.2. The Bertz CT molecular complexity index is 474. The lowest BCUT2D eigenvalue weighted by molar-refractivity contribution is 0.102. The van der Waals surface area contributed by atoms with Crippen molar-refractivity contribution in [3.8, 4) is 0 Å². The molecule has 124 valence electrons. The van der Waals surface area contributed by atoms with E-state index in [-0.39, 0.29) is 12.6 Å². The molecule has 0 bridgehead atoms. The number of hydrogen-bond acceptors (Lipinski definition) is 6. The number of carbonyl (C=O) groups is 1. The lowest BCUT2D eigenvalue weighted by atomic mass is 10.1. The van der Waals surface area contributed by atoms with Crippen LogP contribution in [0.1, 0.15) is 44.0 Å². The van der Waals surface area contributed by atoms with Crippen LogP contribution < -0.4 is 10.6 Å². The van der Waals surface area contributed by atoms with E-state index in [4.69, 9.17) is 0 Å². The van der Waals surface area contributed by atoms with Gasteiger partial charge in [-0.05, 0) is 25.9 Å². The normalized spacial score (nSPS) is 17.5. The summed E-state index contributed by atoms with van der Waals surface area (Å²) < 4.78 is 0. The van der Waals surface area contributed by atoms with Gasteiger partial charge < -0.3 is 15.3 Å². The Morgan fingerprint density at radius 3 is 2.68 bits per heavy atom. The molecule has 0 spiro atoms. The van der Waals surface area contributed by atoms with Gasteiger partial charge >= 0.3 is 6.03 Å². The molecule has 0 aliphatic carbocycles. The summed E-state index contributed by atoms with van der Waals surface area (Å²) in [6.07, 6.45) is 3.10. The third kappa shape index (κ3) is 5.51. The summed E-state index contributed by atoms with van der Waals surface area (Å²) in [5.74, 6) is 0.294. The Labute approximate surface area is 135 Å². The zero-order chi connectivity index (χ0) is 15.9. The molecule has 8 heteroatoms. The molecule has 2 amide bonds. The number of anilines is 1. The minimum absolute atomic E-state index is 0.234. The Hall–Kier alpha value is -1.25. The van der Waals surface area contributed by atoms with E-state index >= 15 is 0 Å². The van der Waals surface area contributed by atoms with Gasteiger partial charge in [0.25, 0.3) is 0 Å². The average Bonchev–Trinajstić information content (AvgIpc) is 2.95. The van der Waals surface area contributed by atoms with Gasteiger partial charge in [0.2, 0.25) is 5.13 Å². The molecular weight excluding hydrogens is 302 g/mol. The van der Waals surface area contributed by atoms with E-state index in [1.54, 1.807) is 0 Å². The van der Waals surface area contributed by atoms with Crippen molar-refractivity contribution in [1.29, 1.82) is 0 Å². The first-order chi connectivity index (χ1) is 10.5. The van der Waals surface area contributed by atoms with Gasteiger partial charge in [0, 0.05) is 19.0 Å². The number of piperidine rings is 1. The van der Waals surface area contributed by atoms with Crippen LogP contribution >= 0.6 is 11.3 Å². The number of urea groups is 1. The second-order valence-electron chi connectivity index (χ2n) is 5.95. The lowest BCUT2D eigenvalue weighted by Gasteiger charge is -2.28. The second-order valence-corrected chi connectivity index (χ2v) is 6.96. The van der Waals surface area contributed by atoms with Crippen LogP contribution in [0.4, 0.5) is 9.93 Å². The SMILES string of the molecule is CC(C)c1nnc(NC(=O)NCC(O)CN2CCCCC2)s1. The Kier molecular flexibility index (Phi) is 6.53. The fraction of sp³-hybridized carbons (Fsp3) is 0.786. The van der Waals surface area contributed by atoms with Crippen molar-refractivity contribution >= 4 is 22.5 Å². The smallest absolute Gasteiger partial charge is 0.321 e. The van der Waals surface area contributed by atoms with Crippen LogP contribution in [0.2, 0.25) is 0 Å². The van der Waals surface area contributed by atoms with Crippen molar-refractivity contribution in [1.82, 2.24) is 20.4 Å². The number of hydrogen-bond donors (Lipinski definition) is 3. The standard InChI is InChI=1S/C14H25N5O2S/c1-10(2)12-17-18-14(22-12)16-13(21)15-8-11(20)9-19-6-4-3-5-7-19/h10-11,20H,3-9H2,1-2H3,(H2,15,16,18,21). The lowest BCUT2D eigenvalue weighted by Crippen LogP contribution is -2.42. The van der Waals surface area contributed by atoms with Crippen molar-refractivity contribution in [2.75, 3.05) is 31.5 Å². The quantitative estimate of drug-likeness (QED) is 0.739. The number of aliphatic hydroxyl groups is 1. The number of aliphatic hydroxyl groups excluding tert-OH is 1. The van der Waals surface area contributed by atoms with E-state index in [9.17, 15) is 9.90 Å². The summed E-state index contributed by atoms with van der Waals surface area (Å²) in [6.45, 7) is 6.97. The maximum Gasteiger partial charge on any atom is 0.321 e. The molecule has 1 atom stereocenters. The summed E-state index contributed by atoms with van der Waals surface area (Å²) in [7, 11) is 0. The monoisotopic (exact) mass is 327 g/mol. The number of likely N-dealkylation sites (tertiary alicyclic amines) is 1. The maximum absolute atomic E-state index is 11.8. The van der Waals surface area contributed by atoms with E-state index in [0.717, 1.165) is 18.1 Å². The molecule has 3 N–H and O–H groups in total. The molecule has 1 aliphatic rings. The average molecular weight is 327 g/mol. The first kappa shape index (κ1) is 17.1. The number of rotatable bonds is 6. The van der Waals surface area contributed by atoms with E-state index in [0.29, 0.717) is 17.6 Å². The van der Waals surface area contributed by atoms with Gasteiger partial charge in [-0.1, -0.05) is 31.6 Å². The van der Waals surface area contributed by atoms with Crippen LogP contribution in [-0.4, -0.2) is 58.5 Å². The van der Waals surface area contributed by atoms with Gasteiger partial charge in [-0.2, -0.15) is 0 Å². The summed E-state index contributed by atoms with van der Waals surface area (Å²) in [5.41, 5.74) is 0. The Morgan fingerprint density at radius 2 is 2.05 bits per heavy atom. The largest absolute Gasteiger partial charge is 0.390 e. The van der Waals surface area contributed by atoms with Gasteiger partial charge in [0.05, 0.1) is 6.10 Å². The summed E-state index contributed by atoms with van der Waals surface area (Å²) in [4.78, 5) is 14.0. The van der Waals surface area contributed by atoms with Crippen LogP contribution in [0.25, 0.3) is 0 Å². The number of aromatic nitrogens is 2. The van der Waals surface area contributed by atoms with Gasteiger partial charge in [-0.3, -0.25) is 5.32 Å². The molecule has 1 aromatic rings.